The number of carbonyl (C=O) groups is 2. The number of aryl methyl sites for hydroxylation is 2. The highest BCUT2D eigenvalue weighted by Crippen LogP contribution is 2.36. The molecular weight excluding hydrogens is 412 g/mol. The lowest BCUT2D eigenvalue weighted by Gasteiger charge is -2.12. The van der Waals surface area contributed by atoms with Crippen LogP contribution in [0.3, 0.4) is 0 Å². The van der Waals surface area contributed by atoms with Crippen LogP contribution in [0.2, 0.25) is 0 Å². The van der Waals surface area contributed by atoms with E-state index in [2.05, 4.69) is 15.0 Å². The number of amides is 1. The summed E-state index contributed by atoms with van der Waals surface area (Å²) in [6.07, 6.45) is -0.218. The van der Waals surface area contributed by atoms with Gasteiger partial charge in [0.05, 0.1) is 39.0 Å². The fourth-order valence-electron chi connectivity index (χ4n) is 3.03. The number of benzene rings is 1. The molecule has 0 saturated carbocycles. The van der Waals surface area contributed by atoms with Gasteiger partial charge in [-0.3, -0.25) is 4.79 Å². The Balaban J connectivity index is 1.91. The molecule has 0 aliphatic heterocycles. The molecule has 158 valence electrons. The van der Waals surface area contributed by atoms with Gasteiger partial charge in [-0.2, -0.15) is 0 Å². The largest absolute Gasteiger partial charge is 0.493 e. The number of hydrogen-bond acceptors (Lipinski definition) is 9. The molecule has 0 saturated heterocycles. The molecule has 0 unspecified atom stereocenters. The fourth-order valence-corrected chi connectivity index (χ4v) is 3.93. The van der Waals surface area contributed by atoms with Gasteiger partial charge in [0.15, 0.2) is 16.5 Å². The molecule has 0 aliphatic rings. The second-order valence-corrected chi connectivity index (χ2v) is 7.32. The lowest BCUT2D eigenvalue weighted by atomic mass is 10.0. The first-order chi connectivity index (χ1) is 14.3. The molecule has 9 nitrogen and oxygen atoms in total. The average molecular weight is 432 g/mol. The van der Waals surface area contributed by atoms with E-state index in [-0.39, 0.29) is 22.7 Å². The van der Waals surface area contributed by atoms with E-state index < -0.39 is 17.5 Å². The lowest BCUT2D eigenvalue weighted by molar-refractivity contribution is -0.115. The zero-order valence-electron chi connectivity index (χ0n) is 17.1. The Hall–Kier alpha value is -3.40. The second-order valence-electron chi connectivity index (χ2n) is 6.32. The SMILES string of the molecule is COC(=O)c1sc(NC(=O)Cc2c(C)c3ccc(OC)c(OC)c3oc2=O)nc1C. The first-order valence-corrected chi connectivity index (χ1v) is 9.65. The van der Waals surface area contributed by atoms with Gasteiger partial charge in [-0.05, 0) is 31.5 Å². The summed E-state index contributed by atoms with van der Waals surface area (Å²) in [5, 5.41) is 3.48. The molecule has 0 aliphatic carbocycles. The molecule has 0 spiro atoms. The number of anilines is 1. The molecule has 1 N–H and O–H groups in total. The van der Waals surface area contributed by atoms with E-state index in [0.717, 1.165) is 11.3 Å². The highest BCUT2D eigenvalue weighted by atomic mass is 32.1. The van der Waals surface area contributed by atoms with Gasteiger partial charge in [0.2, 0.25) is 11.7 Å². The van der Waals surface area contributed by atoms with Crippen LogP contribution in [-0.4, -0.2) is 38.2 Å². The number of ether oxygens (including phenoxy) is 3. The Morgan fingerprint density at radius 3 is 2.53 bits per heavy atom. The number of fused-ring (bicyclic) bond motifs is 1. The number of thiazole rings is 1. The van der Waals surface area contributed by atoms with Crippen LogP contribution in [-0.2, 0) is 16.0 Å². The Morgan fingerprint density at radius 2 is 1.90 bits per heavy atom. The highest BCUT2D eigenvalue weighted by Gasteiger charge is 2.21. The van der Waals surface area contributed by atoms with Crippen molar-refractivity contribution in [3.05, 3.63) is 44.3 Å². The van der Waals surface area contributed by atoms with Crippen molar-refractivity contribution in [2.24, 2.45) is 0 Å². The summed E-state index contributed by atoms with van der Waals surface area (Å²) >= 11 is 1.00. The summed E-state index contributed by atoms with van der Waals surface area (Å²) in [5.41, 5.74) is 0.871. The first kappa shape index (κ1) is 21.3. The third-order valence-electron chi connectivity index (χ3n) is 4.55. The number of carbonyl (C=O) groups excluding carboxylic acids is 2. The van der Waals surface area contributed by atoms with Crippen LogP contribution in [0.5, 0.6) is 11.5 Å². The summed E-state index contributed by atoms with van der Waals surface area (Å²) in [6.45, 7) is 3.37. The van der Waals surface area contributed by atoms with Crippen molar-refractivity contribution >= 4 is 39.3 Å². The number of esters is 1. The van der Waals surface area contributed by atoms with Gasteiger partial charge in [0.25, 0.3) is 0 Å². The normalized spacial score (nSPS) is 10.7. The van der Waals surface area contributed by atoms with Crippen LogP contribution in [0.4, 0.5) is 5.13 Å². The van der Waals surface area contributed by atoms with Crippen LogP contribution in [0.1, 0.15) is 26.5 Å². The molecule has 1 amide bonds. The molecule has 2 heterocycles. The molecule has 0 radical (unpaired) electrons. The predicted octanol–water partition coefficient (Wildman–Crippen LogP) is 2.85. The number of nitrogens with zero attached hydrogens (tertiary/aromatic N) is 1. The zero-order chi connectivity index (χ0) is 22.0. The van der Waals surface area contributed by atoms with E-state index in [1.807, 2.05) is 0 Å². The lowest BCUT2D eigenvalue weighted by Crippen LogP contribution is -2.20. The maximum Gasteiger partial charge on any atom is 0.350 e. The monoisotopic (exact) mass is 432 g/mol. The molecule has 0 bridgehead atoms. The van der Waals surface area contributed by atoms with E-state index in [9.17, 15) is 14.4 Å². The summed E-state index contributed by atoms with van der Waals surface area (Å²) in [7, 11) is 4.21. The van der Waals surface area contributed by atoms with E-state index in [1.165, 1.54) is 21.3 Å². The van der Waals surface area contributed by atoms with E-state index in [0.29, 0.717) is 33.0 Å². The number of nitrogens with one attached hydrogen (secondary N) is 1. The average Bonchev–Trinajstić information content (AvgIpc) is 3.09. The van der Waals surface area contributed by atoms with Crippen molar-refractivity contribution in [3.8, 4) is 11.5 Å². The van der Waals surface area contributed by atoms with Crippen molar-refractivity contribution < 1.29 is 28.2 Å². The first-order valence-electron chi connectivity index (χ1n) is 8.83. The van der Waals surface area contributed by atoms with Gasteiger partial charge in [0, 0.05) is 5.39 Å². The van der Waals surface area contributed by atoms with Crippen molar-refractivity contribution in [2.75, 3.05) is 26.6 Å². The molecule has 3 rings (SSSR count). The summed E-state index contributed by atoms with van der Waals surface area (Å²) in [4.78, 5) is 41.3. The molecule has 10 heteroatoms. The third kappa shape index (κ3) is 3.86. The van der Waals surface area contributed by atoms with Crippen molar-refractivity contribution in [3.63, 3.8) is 0 Å². The van der Waals surface area contributed by atoms with Crippen LogP contribution in [0, 0.1) is 13.8 Å². The molecule has 3 aromatic rings. The van der Waals surface area contributed by atoms with Crippen LogP contribution in [0.15, 0.2) is 21.3 Å². The second kappa shape index (κ2) is 8.54. The molecule has 0 fully saturated rings. The van der Waals surface area contributed by atoms with Gasteiger partial charge in [-0.25, -0.2) is 14.6 Å². The van der Waals surface area contributed by atoms with Crippen LogP contribution >= 0.6 is 11.3 Å². The quantitative estimate of drug-likeness (QED) is 0.467. The summed E-state index contributed by atoms with van der Waals surface area (Å²) in [6, 6.07) is 3.44. The molecular formula is C20H20N2O7S. The van der Waals surface area contributed by atoms with Gasteiger partial charge in [-0.15, -0.1) is 0 Å². The molecule has 30 heavy (non-hydrogen) atoms. The van der Waals surface area contributed by atoms with Crippen LogP contribution < -0.4 is 20.4 Å². The number of rotatable bonds is 6. The maximum atomic E-state index is 12.6. The van der Waals surface area contributed by atoms with Crippen molar-refractivity contribution in [2.45, 2.75) is 20.3 Å². The standard InChI is InChI=1S/C20H20N2O7S/c1-9-11-6-7-13(26-3)16(27-4)15(11)29-18(24)12(9)8-14(23)22-20-21-10(2)17(30-20)19(25)28-5/h6-7H,8H2,1-5H3,(H,21,22,23). The highest BCUT2D eigenvalue weighted by molar-refractivity contribution is 7.17. The Bertz CT molecular complexity index is 1200. The van der Waals surface area contributed by atoms with Gasteiger partial charge < -0.3 is 23.9 Å². The van der Waals surface area contributed by atoms with Gasteiger partial charge in [0.1, 0.15) is 4.88 Å². The van der Waals surface area contributed by atoms with Crippen molar-refractivity contribution in [1.82, 2.24) is 4.98 Å². The Morgan fingerprint density at radius 1 is 1.17 bits per heavy atom. The van der Waals surface area contributed by atoms with Gasteiger partial charge in [-0.1, -0.05) is 11.3 Å². The Kier molecular flexibility index (Phi) is 6.06. The minimum Gasteiger partial charge on any atom is -0.493 e. The Labute approximate surface area is 175 Å². The topological polar surface area (TPSA) is 117 Å². The summed E-state index contributed by atoms with van der Waals surface area (Å²) < 4.78 is 20.7. The van der Waals surface area contributed by atoms with Gasteiger partial charge >= 0.3 is 11.6 Å². The molecule has 0 atom stereocenters. The minimum absolute atomic E-state index is 0.216. The van der Waals surface area contributed by atoms with Crippen molar-refractivity contribution in [1.29, 1.82) is 0 Å². The van der Waals surface area contributed by atoms with Crippen LogP contribution in [0.25, 0.3) is 11.0 Å². The molecule has 2 aromatic heterocycles. The van der Waals surface area contributed by atoms with E-state index >= 15 is 0 Å². The van der Waals surface area contributed by atoms with E-state index in [1.54, 1.807) is 26.0 Å². The van der Waals surface area contributed by atoms with E-state index in [4.69, 9.17) is 13.9 Å². The summed E-state index contributed by atoms with van der Waals surface area (Å²) in [5.74, 6) is -0.255. The zero-order valence-corrected chi connectivity index (χ0v) is 17.9. The molecule has 1 aromatic carbocycles. The number of aromatic nitrogens is 1. The number of methoxy groups -OCH3 is 3. The minimum atomic E-state index is -0.646. The predicted molar refractivity (Wildman–Crippen MR) is 111 cm³/mol. The number of hydrogen-bond donors (Lipinski definition) is 1. The smallest absolute Gasteiger partial charge is 0.350 e. The maximum absolute atomic E-state index is 12.6. The third-order valence-corrected chi connectivity index (χ3v) is 5.60. The fraction of sp³-hybridized carbons (Fsp3) is 0.300.